The van der Waals surface area contributed by atoms with Gasteiger partial charge in [0.05, 0.1) is 12.3 Å². The van der Waals surface area contributed by atoms with Crippen molar-refractivity contribution in [3.05, 3.63) is 60.2 Å². The normalized spacial score (nSPS) is 16.3. The Bertz CT molecular complexity index is 836. The molecule has 2 aromatic carbocycles. The molecule has 0 radical (unpaired) electrons. The summed E-state index contributed by atoms with van der Waals surface area (Å²) in [6.07, 6.45) is 1.91. The number of hydrogen-bond acceptors (Lipinski definition) is 3. The quantitative estimate of drug-likeness (QED) is 0.742. The monoisotopic (exact) mass is 380 g/mol. The largest absolute Gasteiger partial charge is 0.351 e. The summed E-state index contributed by atoms with van der Waals surface area (Å²) in [5.74, 6) is -0.296. The first-order valence-corrected chi connectivity index (χ1v) is 9.30. The number of nitrogens with two attached hydrogens (primary N) is 1. The lowest BCUT2D eigenvalue weighted by molar-refractivity contribution is -0.133. The Morgan fingerprint density at radius 1 is 0.964 bits per heavy atom. The molecule has 1 atom stereocenters. The van der Waals surface area contributed by atoms with Crippen LogP contribution in [0.2, 0.25) is 0 Å². The van der Waals surface area contributed by atoms with Crippen LogP contribution in [0.25, 0.3) is 0 Å². The highest BCUT2D eigenvalue weighted by Gasteiger charge is 2.28. The van der Waals surface area contributed by atoms with Crippen molar-refractivity contribution in [2.75, 3.05) is 23.7 Å². The highest BCUT2D eigenvalue weighted by molar-refractivity contribution is 5.94. The molecule has 7 nitrogen and oxygen atoms in total. The van der Waals surface area contributed by atoms with Gasteiger partial charge in [0.25, 0.3) is 0 Å². The molecule has 28 heavy (non-hydrogen) atoms. The molecule has 0 aliphatic carbocycles. The zero-order valence-corrected chi connectivity index (χ0v) is 15.6. The fraction of sp³-hybridized carbons (Fsp3) is 0.286. The van der Waals surface area contributed by atoms with Crippen molar-refractivity contribution < 1.29 is 14.4 Å². The van der Waals surface area contributed by atoms with E-state index in [1.807, 2.05) is 30.3 Å². The van der Waals surface area contributed by atoms with Crippen molar-refractivity contribution in [2.45, 2.75) is 19.3 Å². The van der Waals surface area contributed by atoms with Crippen molar-refractivity contribution in [1.29, 1.82) is 0 Å². The van der Waals surface area contributed by atoms with Gasteiger partial charge < -0.3 is 21.3 Å². The van der Waals surface area contributed by atoms with E-state index < -0.39 is 6.03 Å². The van der Waals surface area contributed by atoms with Gasteiger partial charge in [0.2, 0.25) is 11.8 Å². The number of piperidine rings is 1. The molecule has 7 heteroatoms. The van der Waals surface area contributed by atoms with E-state index in [-0.39, 0.29) is 17.7 Å². The molecule has 0 spiro atoms. The molecular formula is C21H24N4O3. The lowest BCUT2D eigenvalue weighted by atomic mass is 9.96. The first-order chi connectivity index (χ1) is 13.5. The second-order valence-corrected chi connectivity index (χ2v) is 6.90. The fourth-order valence-corrected chi connectivity index (χ4v) is 3.32. The van der Waals surface area contributed by atoms with Gasteiger partial charge in [-0.25, -0.2) is 4.79 Å². The molecule has 1 unspecified atom stereocenters. The van der Waals surface area contributed by atoms with Crippen molar-refractivity contribution in [3.8, 4) is 0 Å². The van der Waals surface area contributed by atoms with Crippen LogP contribution in [-0.4, -0.2) is 35.8 Å². The van der Waals surface area contributed by atoms with Gasteiger partial charge >= 0.3 is 6.03 Å². The van der Waals surface area contributed by atoms with Crippen LogP contribution in [0.5, 0.6) is 0 Å². The van der Waals surface area contributed by atoms with Crippen molar-refractivity contribution >= 4 is 29.2 Å². The second-order valence-electron chi connectivity index (χ2n) is 6.90. The molecule has 1 heterocycles. The number of carbonyl (C=O) groups excluding carboxylic acids is 3. The molecule has 1 aliphatic rings. The van der Waals surface area contributed by atoms with E-state index in [1.54, 1.807) is 29.2 Å². The molecule has 2 aromatic rings. The highest BCUT2D eigenvalue weighted by Crippen LogP contribution is 2.20. The average molecular weight is 380 g/mol. The van der Waals surface area contributed by atoms with Gasteiger partial charge in [-0.15, -0.1) is 0 Å². The SMILES string of the molecule is NC(=O)Nc1ccc(NC(=O)C2CCCN(C(=O)Cc3ccccc3)C2)cc1. The number of primary amides is 1. The zero-order chi connectivity index (χ0) is 19.9. The Morgan fingerprint density at radius 3 is 2.25 bits per heavy atom. The smallest absolute Gasteiger partial charge is 0.316 e. The van der Waals surface area contributed by atoms with Crippen molar-refractivity contribution in [3.63, 3.8) is 0 Å². The fourth-order valence-electron chi connectivity index (χ4n) is 3.32. The molecule has 0 saturated carbocycles. The number of benzene rings is 2. The summed E-state index contributed by atoms with van der Waals surface area (Å²) >= 11 is 0. The Labute approximate surface area is 163 Å². The van der Waals surface area contributed by atoms with Gasteiger partial charge in [-0.2, -0.15) is 0 Å². The van der Waals surface area contributed by atoms with Crippen LogP contribution in [-0.2, 0) is 16.0 Å². The molecule has 4 amide bonds. The van der Waals surface area contributed by atoms with Gasteiger partial charge in [0.15, 0.2) is 0 Å². The van der Waals surface area contributed by atoms with Crippen molar-refractivity contribution in [1.82, 2.24) is 4.90 Å². The zero-order valence-electron chi connectivity index (χ0n) is 15.6. The van der Waals surface area contributed by atoms with Crippen LogP contribution < -0.4 is 16.4 Å². The van der Waals surface area contributed by atoms with E-state index in [9.17, 15) is 14.4 Å². The Balaban J connectivity index is 1.55. The summed E-state index contributed by atoms with van der Waals surface area (Å²) in [4.78, 5) is 37.8. The number of nitrogens with zero attached hydrogens (tertiary/aromatic N) is 1. The first-order valence-electron chi connectivity index (χ1n) is 9.30. The van der Waals surface area contributed by atoms with Gasteiger partial charge in [0.1, 0.15) is 0 Å². The third-order valence-electron chi connectivity index (χ3n) is 4.76. The van der Waals surface area contributed by atoms with E-state index in [0.717, 1.165) is 18.4 Å². The third-order valence-corrected chi connectivity index (χ3v) is 4.76. The van der Waals surface area contributed by atoms with Crippen LogP contribution in [0.1, 0.15) is 18.4 Å². The molecule has 0 aromatic heterocycles. The number of carbonyl (C=O) groups is 3. The predicted octanol–water partition coefficient (Wildman–Crippen LogP) is 2.60. The van der Waals surface area contributed by atoms with Gasteiger partial charge in [-0.1, -0.05) is 30.3 Å². The number of hydrogen-bond donors (Lipinski definition) is 3. The van der Waals surface area contributed by atoms with E-state index >= 15 is 0 Å². The molecule has 3 rings (SSSR count). The van der Waals surface area contributed by atoms with Crippen LogP contribution in [0.15, 0.2) is 54.6 Å². The first kappa shape index (κ1) is 19.4. The minimum Gasteiger partial charge on any atom is -0.351 e. The lowest BCUT2D eigenvalue weighted by Gasteiger charge is -2.32. The Kier molecular flexibility index (Phi) is 6.26. The van der Waals surface area contributed by atoms with E-state index in [1.165, 1.54) is 0 Å². The van der Waals surface area contributed by atoms with E-state index in [0.29, 0.717) is 30.9 Å². The molecule has 1 aliphatic heterocycles. The van der Waals surface area contributed by atoms with Gasteiger partial charge in [-0.3, -0.25) is 9.59 Å². The minimum absolute atomic E-state index is 0.0468. The summed E-state index contributed by atoms with van der Waals surface area (Å²) < 4.78 is 0. The van der Waals surface area contributed by atoms with Gasteiger partial charge in [0, 0.05) is 24.5 Å². The number of nitrogens with one attached hydrogen (secondary N) is 2. The number of urea groups is 1. The van der Waals surface area contributed by atoms with Crippen LogP contribution in [0.3, 0.4) is 0 Å². The minimum atomic E-state index is -0.640. The molecule has 0 bridgehead atoms. The number of anilines is 2. The van der Waals surface area contributed by atoms with Crippen LogP contribution in [0, 0.1) is 5.92 Å². The second kappa shape index (κ2) is 9.03. The molecule has 146 valence electrons. The maximum absolute atomic E-state index is 12.6. The van der Waals surface area contributed by atoms with Crippen LogP contribution >= 0.6 is 0 Å². The molecule has 1 saturated heterocycles. The molecule has 1 fully saturated rings. The maximum Gasteiger partial charge on any atom is 0.316 e. The summed E-state index contributed by atoms with van der Waals surface area (Å²) in [5.41, 5.74) is 7.24. The average Bonchev–Trinajstić information content (AvgIpc) is 2.70. The predicted molar refractivity (Wildman–Crippen MR) is 108 cm³/mol. The summed E-state index contributed by atoms with van der Waals surface area (Å²) in [5, 5.41) is 5.35. The summed E-state index contributed by atoms with van der Waals surface area (Å²) in [6.45, 7) is 1.11. The topological polar surface area (TPSA) is 105 Å². The molecule has 4 N–H and O–H groups in total. The highest BCUT2D eigenvalue weighted by atomic mass is 16.2. The standard InChI is InChI=1S/C21H24N4O3/c22-21(28)24-18-10-8-17(9-11-18)23-20(27)16-7-4-12-25(14-16)19(26)13-15-5-2-1-3-6-15/h1-3,5-6,8-11,16H,4,7,12-14H2,(H,23,27)(H3,22,24,28). The van der Waals surface area contributed by atoms with E-state index in [2.05, 4.69) is 10.6 Å². The third kappa shape index (κ3) is 5.33. The number of rotatable bonds is 5. The number of amides is 4. The maximum atomic E-state index is 12.6. The summed E-state index contributed by atoms with van der Waals surface area (Å²) in [6, 6.07) is 15.7. The number of likely N-dealkylation sites (tertiary alicyclic amines) is 1. The Morgan fingerprint density at radius 2 is 1.61 bits per heavy atom. The van der Waals surface area contributed by atoms with Gasteiger partial charge in [-0.05, 0) is 42.7 Å². The summed E-state index contributed by atoms with van der Waals surface area (Å²) in [7, 11) is 0. The lowest BCUT2D eigenvalue weighted by Crippen LogP contribution is -2.44. The van der Waals surface area contributed by atoms with E-state index in [4.69, 9.17) is 5.73 Å². The van der Waals surface area contributed by atoms with Crippen molar-refractivity contribution in [2.24, 2.45) is 11.7 Å². The van der Waals surface area contributed by atoms with Crippen LogP contribution in [0.4, 0.5) is 16.2 Å². The Hall–Kier alpha value is -3.35. The molecular weight excluding hydrogens is 356 g/mol.